The molecule has 0 saturated carbocycles. The van der Waals surface area contributed by atoms with Crippen LogP contribution in [0.15, 0.2) is 63.7 Å². The molecule has 128 valence electrons. The number of anilines is 2. The Morgan fingerprint density at radius 2 is 1.92 bits per heavy atom. The van der Waals surface area contributed by atoms with E-state index in [1.165, 1.54) is 5.01 Å². The van der Waals surface area contributed by atoms with Gasteiger partial charge in [0.1, 0.15) is 0 Å². The molecular formula is C20H20BrN3O. The minimum Gasteiger partial charge on any atom is -0.375 e. The molecule has 0 fully saturated rings. The largest absolute Gasteiger partial charge is 0.375 e. The van der Waals surface area contributed by atoms with Crippen molar-refractivity contribution in [2.24, 2.45) is 5.10 Å². The number of halogens is 1. The number of rotatable bonds is 4. The van der Waals surface area contributed by atoms with Gasteiger partial charge < -0.3 is 4.90 Å². The van der Waals surface area contributed by atoms with Crippen LogP contribution in [0.1, 0.15) is 19.4 Å². The van der Waals surface area contributed by atoms with E-state index in [1.807, 2.05) is 49.4 Å². The topological polar surface area (TPSA) is 35.9 Å². The van der Waals surface area contributed by atoms with E-state index in [9.17, 15) is 4.79 Å². The van der Waals surface area contributed by atoms with Gasteiger partial charge in [0.25, 0.3) is 5.91 Å². The Labute approximate surface area is 156 Å². The lowest BCUT2D eigenvalue weighted by molar-refractivity contribution is -0.114. The second-order valence-corrected chi connectivity index (χ2v) is 6.86. The van der Waals surface area contributed by atoms with Crippen molar-refractivity contribution in [3.63, 3.8) is 0 Å². The Bertz CT molecular complexity index is 855. The summed E-state index contributed by atoms with van der Waals surface area (Å²) in [7, 11) is 2.06. The quantitative estimate of drug-likeness (QED) is 0.700. The SMILES string of the molecule is CCN(C)c1ccc(/C=C2/C(=O)N(c3cccc(Br)c3)N=C2C)cc1. The smallest absolute Gasteiger partial charge is 0.280 e. The van der Waals surface area contributed by atoms with Gasteiger partial charge in [0.15, 0.2) is 0 Å². The number of amides is 1. The predicted octanol–water partition coefficient (Wildman–Crippen LogP) is 4.71. The van der Waals surface area contributed by atoms with E-state index in [4.69, 9.17) is 0 Å². The van der Waals surface area contributed by atoms with Gasteiger partial charge in [0.05, 0.1) is 17.0 Å². The van der Waals surface area contributed by atoms with Crippen molar-refractivity contribution in [1.29, 1.82) is 0 Å². The van der Waals surface area contributed by atoms with Crippen LogP contribution in [-0.2, 0) is 4.79 Å². The van der Waals surface area contributed by atoms with Crippen LogP contribution in [0.4, 0.5) is 11.4 Å². The van der Waals surface area contributed by atoms with Crippen molar-refractivity contribution >= 4 is 45.0 Å². The fourth-order valence-electron chi connectivity index (χ4n) is 2.64. The molecule has 0 unspecified atom stereocenters. The second kappa shape index (κ2) is 7.23. The maximum Gasteiger partial charge on any atom is 0.280 e. The molecule has 1 amide bonds. The Hall–Kier alpha value is -2.40. The van der Waals surface area contributed by atoms with Crippen molar-refractivity contribution in [3.05, 3.63) is 64.1 Å². The fraction of sp³-hybridized carbons (Fsp3) is 0.200. The average Bonchev–Trinajstić information content (AvgIpc) is 2.90. The molecular weight excluding hydrogens is 378 g/mol. The van der Waals surface area contributed by atoms with Crippen molar-refractivity contribution in [2.75, 3.05) is 23.5 Å². The molecule has 3 rings (SSSR count). The van der Waals surface area contributed by atoms with Gasteiger partial charge in [0, 0.05) is 23.8 Å². The molecule has 2 aromatic rings. The molecule has 4 nitrogen and oxygen atoms in total. The van der Waals surface area contributed by atoms with Gasteiger partial charge in [-0.25, -0.2) is 0 Å². The molecule has 5 heteroatoms. The third-order valence-electron chi connectivity index (χ3n) is 4.23. The molecule has 0 saturated heterocycles. The molecule has 0 N–H and O–H groups in total. The Morgan fingerprint density at radius 1 is 1.20 bits per heavy atom. The lowest BCUT2D eigenvalue weighted by Crippen LogP contribution is -2.21. The van der Waals surface area contributed by atoms with E-state index in [1.54, 1.807) is 0 Å². The molecule has 0 spiro atoms. The first kappa shape index (κ1) is 17.4. The molecule has 0 aliphatic carbocycles. The highest BCUT2D eigenvalue weighted by Crippen LogP contribution is 2.27. The van der Waals surface area contributed by atoms with Gasteiger partial charge in [-0.2, -0.15) is 10.1 Å². The van der Waals surface area contributed by atoms with Crippen molar-refractivity contribution < 1.29 is 4.79 Å². The maximum atomic E-state index is 12.8. The molecule has 1 aliphatic rings. The minimum absolute atomic E-state index is 0.106. The van der Waals surface area contributed by atoms with Crippen LogP contribution in [0, 0.1) is 0 Å². The maximum absolute atomic E-state index is 12.8. The Kier molecular flexibility index (Phi) is 5.04. The monoisotopic (exact) mass is 397 g/mol. The van der Waals surface area contributed by atoms with Gasteiger partial charge in [-0.05, 0) is 55.8 Å². The number of hydrogen-bond donors (Lipinski definition) is 0. The van der Waals surface area contributed by atoms with Gasteiger partial charge in [-0.3, -0.25) is 4.79 Å². The average molecular weight is 398 g/mol. The van der Waals surface area contributed by atoms with Crippen LogP contribution in [0.3, 0.4) is 0 Å². The zero-order valence-corrected chi connectivity index (χ0v) is 16.1. The van der Waals surface area contributed by atoms with E-state index in [2.05, 4.69) is 52.0 Å². The highest BCUT2D eigenvalue weighted by Gasteiger charge is 2.28. The fourth-order valence-corrected chi connectivity index (χ4v) is 3.03. The van der Waals surface area contributed by atoms with Crippen molar-refractivity contribution in [3.8, 4) is 0 Å². The summed E-state index contributed by atoms with van der Waals surface area (Å²) in [5.41, 5.74) is 4.24. The first-order valence-electron chi connectivity index (χ1n) is 8.18. The number of hydrazone groups is 1. The number of carbonyl (C=O) groups excluding carboxylic acids is 1. The van der Waals surface area contributed by atoms with Crippen LogP contribution in [0.5, 0.6) is 0 Å². The summed E-state index contributed by atoms with van der Waals surface area (Å²) >= 11 is 3.43. The van der Waals surface area contributed by atoms with Gasteiger partial charge >= 0.3 is 0 Å². The summed E-state index contributed by atoms with van der Waals surface area (Å²) in [6.45, 7) is 4.93. The lowest BCUT2D eigenvalue weighted by atomic mass is 10.1. The van der Waals surface area contributed by atoms with Gasteiger partial charge in [0.2, 0.25) is 0 Å². The minimum atomic E-state index is -0.106. The number of carbonyl (C=O) groups is 1. The first-order chi connectivity index (χ1) is 12.0. The third kappa shape index (κ3) is 3.66. The van der Waals surface area contributed by atoms with Crippen LogP contribution in [0.2, 0.25) is 0 Å². The Balaban J connectivity index is 1.87. The van der Waals surface area contributed by atoms with Crippen LogP contribution < -0.4 is 9.91 Å². The molecule has 25 heavy (non-hydrogen) atoms. The molecule has 0 aromatic heterocycles. The van der Waals surface area contributed by atoms with Gasteiger partial charge in [-0.1, -0.05) is 34.1 Å². The van der Waals surface area contributed by atoms with Crippen LogP contribution in [0.25, 0.3) is 6.08 Å². The first-order valence-corrected chi connectivity index (χ1v) is 8.97. The predicted molar refractivity (Wildman–Crippen MR) is 108 cm³/mol. The molecule has 1 heterocycles. The number of hydrogen-bond acceptors (Lipinski definition) is 3. The summed E-state index contributed by atoms with van der Waals surface area (Å²) in [6, 6.07) is 15.7. The summed E-state index contributed by atoms with van der Waals surface area (Å²) in [5.74, 6) is -0.106. The number of benzene rings is 2. The van der Waals surface area contributed by atoms with Crippen molar-refractivity contribution in [1.82, 2.24) is 0 Å². The van der Waals surface area contributed by atoms with E-state index >= 15 is 0 Å². The van der Waals surface area contributed by atoms with E-state index in [-0.39, 0.29) is 5.91 Å². The second-order valence-electron chi connectivity index (χ2n) is 5.95. The molecule has 0 radical (unpaired) electrons. The van der Waals surface area contributed by atoms with Crippen LogP contribution >= 0.6 is 15.9 Å². The highest BCUT2D eigenvalue weighted by atomic mass is 79.9. The van der Waals surface area contributed by atoms with Gasteiger partial charge in [-0.15, -0.1) is 0 Å². The molecule has 0 bridgehead atoms. The summed E-state index contributed by atoms with van der Waals surface area (Å²) < 4.78 is 0.915. The summed E-state index contributed by atoms with van der Waals surface area (Å²) in [4.78, 5) is 14.9. The third-order valence-corrected chi connectivity index (χ3v) is 4.73. The standard InChI is InChI=1S/C20H20BrN3O/c1-4-23(3)17-10-8-15(9-11-17)12-19-14(2)22-24(20(19)25)18-7-5-6-16(21)13-18/h5-13H,4H2,1-3H3/b19-12+. The zero-order valence-electron chi connectivity index (χ0n) is 14.5. The molecule has 0 atom stereocenters. The highest BCUT2D eigenvalue weighted by molar-refractivity contribution is 9.10. The van der Waals surface area contributed by atoms with Crippen molar-refractivity contribution in [2.45, 2.75) is 13.8 Å². The number of nitrogens with zero attached hydrogens (tertiary/aromatic N) is 3. The molecule has 2 aromatic carbocycles. The van der Waals surface area contributed by atoms with E-state index < -0.39 is 0 Å². The van der Waals surface area contributed by atoms with E-state index in [0.29, 0.717) is 5.57 Å². The Morgan fingerprint density at radius 3 is 2.56 bits per heavy atom. The van der Waals surface area contributed by atoms with E-state index in [0.717, 1.165) is 33.7 Å². The summed E-state index contributed by atoms with van der Waals surface area (Å²) in [5, 5.41) is 5.87. The normalized spacial score (nSPS) is 15.7. The zero-order chi connectivity index (χ0) is 18.0. The summed E-state index contributed by atoms with van der Waals surface area (Å²) in [6.07, 6.45) is 1.90. The molecule has 1 aliphatic heterocycles. The van der Waals surface area contributed by atoms with Crippen LogP contribution in [-0.4, -0.2) is 25.2 Å². The lowest BCUT2D eigenvalue weighted by Gasteiger charge is -2.16.